The summed E-state index contributed by atoms with van der Waals surface area (Å²) in [5.74, 6) is 1.76. The van der Waals surface area contributed by atoms with E-state index < -0.39 is 7.60 Å². The van der Waals surface area contributed by atoms with E-state index in [9.17, 15) is 4.57 Å². The van der Waals surface area contributed by atoms with Gasteiger partial charge in [-0.05, 0) is 46.0 Å². The van der Waals surface area contributed by atoms with Crippen molar-refractivity contribution in [2.75, 3.05) is 32.6 Å². The Labute approximate surface area is 177 Å². The first-order valence-electron chi connectivity index (χ1n) is 11.0. The van der Waals surface area contributed by atoms with Crippen LogP contribution in [0, 0.1) is 17.8 Å². The highest BCUT2D eigenvalue weighted by Crippen LogP contribution is 2.51. The predicted octanol–water partition coefficient (Wildman–Crippen LogP) is 5.19. The Bertz CT molecular complexity index is 582. The number of aliphatic imine (C=N–C) groups is 2. The number of ether oxygens (including phenoxy) is 2. The lowest BCUT2D eigenvalue weighted by atomic mass is 9.90. The smallest absolute Gasteiger partial charge is 0.331 e. The van der Waals surface area contributed by atoms with Crippen molar-refractivity contribution in [3.63, 3.8) is 0 Å². The SMILES string of the molecule is CCOC1=N[C@H]([C@H](CC(C)C)CP(=O)(OCC)OCC)C(OCC)=N[C@H]1C(C)C. The molecule has 3 atom stereocenters. The zero-order valence-electron chi connectivity index (χ0n) is 19.5. The van der Waals surface area contributed by atoms with Gasteiger partial charge in [0, 0.05) is 5.92 Å². The van der Waals surface area contributed by atoms with Gasteiger partial charge in [0.2, 0.25) is 11.8 Å². The van der Waals surface area contributed by atoms with Crippen molar-refractivity contribution >= 4 is 19.4 Å². The second-order valence-corrected chi connectivity index (χ2v) is 10.1. The van der Waals surface area contributed by atoms with Crippen LogP contribution in [0.15, 0.2) is 9.98 Å². The van der Waals surface area contributed by atoms with E-state index in [4.69, 9.17) is 28.5 Å². The molecule has 0 radical (unpaired) electrons. The highest BCUT2D eigenvalue weighted by Gasteiger charge is 2.40. The van der Waals surface area contributed by atoms with Gasteiger partial charge in [0.25, 0.3) is 0 Å². The standard InChI is InChI=1S/C21H41N2O5P/c1-9-25-20-18(16(7)8)22-21(26-10-2)19(23-20)17(13-15(5)6)14-29(24,27-11-3)28-12-4/h15-19H,9-14H2,1-8H3/t17-,18+,19-/m1/s1. The first kappa shape index (κ1) is 26.1. The molecular formula is C21H41N2O5P. The lowest BCUT2D eigenvalue weighted by molar-refractivity contribution is 0.209. The van der Waals surface area contributed by atoms with Gasteiger partial charge in [-0.2, -0.15) is 0 Å². The molecule has 0 fully saturated rings. The van der Waals surface area contributed by atoms with Gasteiger partial charge in [0.1, 0.15) is 12.1 Å². The van der Waals surface area contributed by atoms with Gasteiger partial charge in [0.05, 0.1) is 32.6 Å². The van der Waals surface area contributed by atoms with E-state index in [1.54, 1.807) is 0 Å². The third-order valence-electron chi connectivity index (χ3n) is 4.58. The lowest BCUT2D eigenvalue weighted by Gasteiger charge is -2.33. The van der Waals surface area contributed by atoms with Crippen LogP contribution in [0.1, 0.15) is 61.8 Å². The Balaban J connectivity index is 3.34. The molecule has 0 unspecified atom stereocenters. The molecule has 0 aromatic rings. The van der Waals surface area contributed by atoms with Gasteiger partial charge < -0.3 is 18.5 Å². The van der Waals surface area contributed by atoms with Gasteiger partial charge in [0.15, 0.2) is 0 Å². The van der Waals surface area contributed by atoms with E-state index in [1.807, 2.05) is 27.7 Å². The Hall–Kier alpha value is -0.910. The molecule has 0 aromatic carbocycles. The maximum atomic E-state index is 13.3. The van der Waals surface area contributed by atoms with Crippen molar-refractivity contribution in [3.8, 4) is 0 Å². The molecule has 29 heavy (non-hydrogen) atoms. The Morgan fingerprint density at radius 1 is 0.828 bits per heavy atom. The molecule has 0 saturated carbocycles. The molecular weight excluding hydrogens is 391 g/mol. The second kappa shape index (κ2) is 12.7. The molecule has 7 nitrogen and oxygen atoms in total. The number of nitrogens with zero attached hydrogens (tertiary/aromatic N) is 2. The molecule has 1 heterocycles. The van der Waals surface area contributed by atoms with Crippen LogP contribution in [-0.4, -0.2) is 56.5 Å². The Morgan fingerprint density at radius 3 is 1.72 bits per heavy atom. The largest absolute Gasteiger partial charge is 0.480 e. The summed E-state index contributed by atoms with van der Waals surface area (Å²) in [7, 11) is -3.23. The zero-order valence-corrected chi connectivity index (χ0v) is 20.4. The average Bonchev–Trinajstić information content (AvgIpc) is 2.62. The molecule has 1 aliphatic heterocycles. The molecule has 0 saturated heterocycles. The van der Waals surface area contributed by atoms with Gasteiger partial charge >= 0.3 is 7.60 Å². The lowest BCUT2D eigenvalue weighted by Crippen LogP contribution is -2.42. The minimum atomic E-state index is -3.23. The highest BCUT2D eigenvalue weighted by molar-refractivity contribution is 7.53. The molecule has 0 spiro atoms. The van der Waals surface area contributed by atoms with Crippen molar-refractivity contribution in [2.45, 2.75) is 73.9 Å². The molecule has 0 amide bonds. The molecule has 0 aliphatic carbocycles. The molecule has 1 aliphatic rings. The minimum Gasteiger partial charge on any atom is -0.480 e. The van der Waals surface area contributed by atoms with Gasteiger partial charge in [-0.25, -0.2) is 9.98 Å². The normalized spacial score (nSPS) is 21.2. The maximum absolute atomic E-state index is 13.3. The van der Waals surface area contributed by atoms with Crippen molar-refractivity contribution < 1.29 is 23.1 Å². The van der Waals surface area contributed by atoms with Crippen molar-refractivity contribution in [3.05, 3.63) is 0 Å². The highest BCUT2D eigenvalue weighted by atomic mass is 31.2. The van der Waals surface area contributed by atoms with Gasteiger partial charge in [-0.15, -0.1) is 0 Å². The average molecular weight is 433 g/mol. The van der Waals surface area contributed by atoms with E-state index in [0.717, 1.165) is 6.42 Å². The van der Waals surface area contributed by atoms with Crippen LogP contribution >= 0.6 is 7.60 Å². The molecule has 1 rings (SSSR count). The first-order chi connectivity index (χ1) is 13.7. The Morgan fingerprint density at radius 2 is 1.31 bits per heavy atom. The fraction of sp³-hybridized carbons (Fsp3) is 0.905. The fourth-order valence-electron chi connectivity index (χ4n) is 3.55. The second-order valence-electron chi connectivity index (χ2n) is 7.95. The molecule has 8 heteroatoms. The van der Waals surface area contributed by atoms with Crippen molar-refractivity contribution in [1.82, 2.24) is 0 Å². The number of hydrogen-bond acceptors (Lipinski definition) is 7. The van der Waals surface area contributed by atoms with E-state index in [0.29, 0.717) is 44.1 Å². The first-order valence-corrected chi connectivity index (χ1v) is 12.7. The topological polar surface area (TPSA) is 78.7 Å². The summed E-state index contributed by atoms with van der Waals surface area (Å²) in [5.41, 5.74) is 0. The summed E-state index contributed by atoms with van der Waals surface area (Å²) in [6.07, 6.45) is 1.08. The molecule has 0 N–H and O–H groups in total. The van der Waals surface area contributed by atoms with Crippen LogP contribution in [0.25, 0.3) is 0 Å². The van der Waals surface area contributed by atoms with Crippen LogP contribution < -0.4 is 0 Å². The summed E-state index contributed by atoms with van der Waals surface area (Å²) in [5, 5.41) is 0. The fourth-order valence-corrected chi connectivity index (χ4v) is 5.55. The van der Waals surface area contributed by atoms with E-state index in [-0.39, 0.29) is 30.1 Å². The van der Waals surface area contributed by atoms with Crippen LogP contribution in [0.3, 0.4) is 0 Å². The minimum absolute atomic E-state index is 0.0900. The summed E-state index contributed by atoms with van der Waals surface area (Å²) < 4.78 is 36.2. The monoisotopic (exact) mass is 432 g/mol. The maximum Gasteiger partial charge on any atom is 0.331 e. The van der Waals surface area contributed by atoms with E-state index in [2.05, 4.69) is 27.7 Å². The number of hydrogen-bond donors (Lipinski definition) is 0. The summed E-state index contributed by atoms with van der Waals surface area (Å²) in [4.78, 5) is 9.81. The van der Waals surface area contributed by atoms with Crippen LogP contribution in [0.5, 0.6) is 0 Å². The zero-order chi connectivity index (χ0) is 22.0. The Kier molecular flexibility index (Phi) is 11.4. The third-order valence-corrected chi connectivity index (χ3v) is 6.80. The predicted molar refractivity (Wildman–Crippen MR) is 119 cm³/mol. The summed E-state index contributed by atoms with van der Waals surface area (Å²) in [6.45, 7) is 17.7. The van der Waals surface area contributed by atoms with E-state index in [1.165, 1.54) is 0 Å². The van der Waals surface area contributed by atoms with Crippen LogP contribution in [0.2, 0.25) is 0 Å². The third kappa shape index (κ3) is 8.03. The summed E-state index contributed by atoms with van der Waals surface area (Å²) >= 11 is 0. The van der Waals surface area contributed by atoms with Crippen molar-refractivity contribution in [1.29, 1.82) is 0 Å². The molecule has 0 aromatic heterocycles. The van der Waals surface area contributed by atoms with Gasteiger partial charge in [-0.1, -0.05) is 27.7 Å². The van der Waals surface area contributed by atoms with Crippen molar-refractivity contribution in [2.24, 2.45) is 27.7 Å². The van der Waals surface area contributed by atoms with Gasteiger partial charge in [-0.3, -0.25) is 4.57 Å². The van der Waals surface area contributed by atoms with E-state index >= 15 is 0 Å². The number of rotatable bonds is 12. The quantitative estimate of drug-likeness (QED) is 0.397. The molecule has 0 bridgehead atoms. The van der Waals surface area contributed by atoms with Crippen LogP contribution in [-0.2, 0) is 23.1 Å². The summed E-state index contributed by atoms with van der Waals surface area (Å²) in [6, 6.07) is -0.527. The van der Waals surface area contributed by atoms with Crippen LogP contribution in [0.4, 0.5) is 0 Å². The molecule has 170 valence electrons.